The highest BCUT2D eigenvalue weighted by Gasteiger charge is 2.31. The van der Waals surface area contributed by atoms with Crippen molar-refractivity contribution in [1.82, 2.24) is 36.1 Å². The molecule has 46 heavy (non-hydrogen) atoms. The maximum absolute atomic E-state index is 13.4. The van der Waals surface area contributed by atoms with Crippen molar-refractivity contribution in [3.05, 3.63) is 18.2 Å². The molecule has 7 unspecified atom stereocenters. The number of oxime groups is 1. The Hall–Kier alpha value is -3.68. The van der Waals surface area contributed by atoms with Crippen LogP contribution in [-0.2, 0) is 30.4 Å². The average molecular weight is 657 g/mol. The van der Waals surface area contributed by atoms with Gasteiger partial charge in [0.1, 0.15) is 30.5 Å². The smallest absolute Gasteiger partial charge is 0.243 e. The molecule has 1 aliphatic heterocycles. The van der Waals surface area contributed by atoms with Gasteiger partial charge < -0.3 is 61.5 Å². The van der Waals surface area contributed by atoms with E-state index in [0.717, 1.165) is 12.8 Å². The van der Waals surface area contributed by atoms with Crippen LogP contribution in [0.3, 0.4) is 0 Å². The molecule has 4 amide bonds. The summed E-state index contributed by atoms with van der Waals surface area (Å²) in [6.07, 6.45) is -1.18. The molecule has 1 aliphatic rings. The lowest BCUT2D eigenvalue weighted by atomic mass is 10.0. The summed E-state index contributed by atoms with van der Waals surface area (Å²) in [5.41, 5.74) is 0.582. The summed E-state index contributed by atoms with van der Waals surface area (Å²) in [5, 5.41) is 61.4. The first kappa shape index (κ1) is 38.5. The number of nitrogens with zero attached hydrogens (tertiary/aromatic N) is 3. The minimum atomic E-state index is -1.87. The first-order valence-electron chi connectivity index (χ1n) is 15.1. The van der Waals surface area contributed by atoms with Crippen LogP contribution in [0.15, 0.2) is 17.7 Å². The molecule has 18 nitrogen and oxygen atoms in total. The fraction of sp³-hybridized carbons (Fsp3) is 0.714. The Bertz CT molecular complexity index is 1120. The van der Waals surface area contributed by atoms with Gasteiger partial charge in [0, 0.05) is 44.4 Å². The maximum Gasteiger partial charge on any atom is 0.243 e. The van der Waals surface area contributed by atoms with Gasteiger partial charge >= 0.3 is 0 Å². The number of aliphatic hydroxyl groups is 5. The Morgan fingerprint density at radius 1 is 1.13 bits per heavy atom. The first-order valence-corrected chi connectivity index (χ1v) is 15.1. The number of aromatic nitrogens is 2. The predicted octanol–water partition coefficient (Wildman–Crippen LogP) is -3.92. The largest absolute Gasteiger partial charge is 0.394 e. The zero-order valence-corrected chi connectivity index (χ0v) is 26.3. The van der Waals surface area contributed by atoms with E-state index < -0.39 is 74.1 Å². The monoisotopic (exact) mass is 656 g/mol. The van der Waals surface area contributed by atoms with Crippen molar-refractivity contribution in [3.63, 3.8) is 0 Å². The molecule has 10 N–H and O–H groups in total. The molecule has 0 radical (unpaired) electrons. The number of amides is 4. The molecule has 18 heteroatoms. The van der Waals surface area contributed by atoms with Crippen LogP contribution in [0, 0.1) is 5.92 Å². The van der Waals surface area contributed by atoms with E-state index in [2.05, 4.69) is 36.4 Å². The first-order chi connectivity index (χ1) is 21.8. The molecule has 2 heterocycles. The molecular formula is C28H48N8O10. The summed E-state index contributed by atoms with van der Waals surface area (Å²) in [6, 6.07) is -1.70. The molecule has 1 fully saturated rings. The number of nitrogens with one attached hydrogen (secondary N) is 5. The third kappa shape index (κ3) is 13.0. The Kier molecular flexibility index (Phi) is 16.5. The Morgan fingerprint density at radius 2 is 1.87 bits per heavy atom. The SMILES string of the molecule is CC(=O)N1CCCC1CNC(CC(C)C)C(=O)NC(Cc1cnc[nH]1)C(=O)NCC(=O)NCON=CC(O)C(O)C(O)C(O)CO. The van der Waals surface area contributed by atoms with E-state index in [0.29, 0.717) is 31.4 Å². The van der Waals surface area contributed by atoms with Gasteiger partial charge in [0.2, 0.25) is 23.6 Å². The average Bonchev–Trinajstić information content (AvgIpc) is 3.72. The number of likely N-dealkylation sites (tertiary alicyclic amines) is 1. The summed E-state index contributed by atoms with van der Waals surface area (Å²) in [5.74, 6) is -1.55. The van der Waals surface area contributed by atoms with Crippen LogP contribution < -0.4 is 21.3 Å². The van der Waals surface area contributed by atoms with Crippen LogP contribution in [0.2, 0.25) is 0 Å². The van der Waals surface area contributed by atoms with Crippen molar-refractivity contribution in [2.45, 2.75) is 89.0 Å². The van der Waals surface area contributed by atoms with E-state index in [1.165, 1.54) is 19.4 Å². The number of hydrogen-bond acceptors (Lipinski definition) is 13. The van der Waals surface area contributed by atoms with Gasteiger partial charge in [0.15, 0.2) is 6.73 Å². The number of imidazole rings is 1. The number of carbonyl (C=O) groups excluding carboxylic acids is 4. The van der Waals surface area contributed by atoms with Crippen LogP contribution in [0.5, 0.6) is 0 Å². The van der Waals surface area contributed by atoms with E-state index in [4.69, 9.17) is 9.94 Å². The molecular weight excluding hydrogens is 608 g/mol. The predicted molar refractivity (Wildman–Crippen MR) is 163 cm³/mol. The van der Waals surface area contributed by atoms with Gasteiger partial charge in [-0.2, -0.15) is 0 Å². The van der Waals surface area contributed by atoms with Crippen LogP contribution in [0.1, 0.15) is 45.7 Å². The fourth-order valence-electron chi connectivity index (χ4n) is 4.83. The van der Waals surface area contributed by atoms with Gasteiger partial charge in [-0.05, 0) is 25.2 Å². The highest BCUT2D eigenvalue weighted by molar-refractivity contribution is 5.92. The Morgan fingerprint density at radius 3 is 2.50 bits per heavy atom. The zero-order valence-electron chi connectivity index (χ0n) is 26.3. The number of H-pyrrole nitrogens is 1. The lowest BCUT2D eigenvalue weighted by Crippen LogP contribution is -2.56. The normalized spacial score (nSPS) is 18.9. The second-order valence-corrected chi connectivity index (χ2v) is 11.5. The van der Waals surface area contributed by atoms with Crippen molar-refractivity contribution in [2.75, 3.05) is 33.0 Å². The zero-order chi connectivity index (χ0) is 34.2. The van der Waals surface area contributed by atoms with Gasteiger partial charge in [-0.25, -0.2) is 4.98 Å². The van der Waals surface area contributed by atoms with E-state index in [-0.39, 0.29) is 24.3 Å². The number of rotatable bonds is 20. The third-order valence-corrected chi connectivity index (χ3v) is 7.34. The minimum absolute atomic E-state index is 0.0139. The molecule has 0 saturated carbocycles. The van der Waals surface area contributed by atoms with Crippen LogP contribution in [0.25, 0.3) is 0 Å². The topological polar surface area (TPSA) is 271 Å². The van der Waals surface area contributed by atoms with Gasteiger partial charge in [-0.15, -0.1) is 0 Å². The maximum atomic E-state index is 13.4. The number of aliphatic hydroxyl groups excluding tert-OH is 5. The fourth-order valence-corrected chi connectivity index (χ4v) is 4.83. The molecule has 7 atom stereocenters. The molecule has 2 rings (SSSR count). The van der Waals surface area contributed by atoms with Crippen LogP contribution in [0.4, 0.5) is 0 Å². The standard InChI is InChI=1S/C28H48N8O10/c1-16(2)7-20(30-10-19-5-4-6-36(19)17(3)38)28(45)35-21(8-18-9-29-14-32-18)27(44)31-12-24(41)33-15-46-34-11-22(39)25(42)26(43)23(40)13-37/h9,11,14,16,19-23,25-26,30,37,39-40,42-43H,4-8,10,12-13,15H2,1-3H3,(H,29,32)(H,31,44)(H,33,41)(H,35,45). The van der Waals surface area contributed by atoms with Crippen molar-refractivity contribution in [2.24, 2.45) is 11.1 Å². The molecule has 0 spiro atoms. The Labute approximate surface area is 267 Å². The van der Waals surface area contributed by atoms with Gasteiger partial charge in [0.25, 0.3) is 0 Å². The molecule has 1 aromatic rings. The van der Waals surface area contributed by atoms with Crippen molar-refractivity contribution in [1.29, 1.82) is 0 Å². The third-order valence-electron chi connectivity index (χ3n) is 7.34. The van der Waals surface area contributed by atoms with Gasteiger partial charge in [-0.1, -0.05) is 19.0 Å². The van der Waals surface area contributed by atoms with E-state index >= 15 is 0 Å². The highest BCUT2D eigenvalue weighted by Crippen LogP contribution is 2.17. The molecule has 0 aliphatic carbocycles. The quantitative estimate of drug-likeness (QED) is 0.0279. The summed E-state index contributed by atoms with van der Waals surface area (Å²) in [6.45, 7) is 4.80. The summed E-state index contributed by atoms with van der Waals surface area (Å²) in [4.78, 5) is 64.2. The molecule has 0 aromatic carbocycles. The van der Waals surface area contributed by atoms with E-state index in [9.17, 15) is 39.6 Å². The van der Waals surface area contributed by atoms with Gasteiger partial charge in [-0.3, -0.25) is 19.2 Å². The molecule has 260 valence electrons. The number of aromatic amines is 1. The van der Waals surface area contributed by atoms with Crippen molar-refractivity contribution in [3.8, 4) is 0 Å². The molecule has 1 saturated heterocycles. The lowest BCUT2D eigenvalue weighted by molar-refractivity contribution is -0.131. The second kappa shape index (κ2) is 19.7. The van der Waals surface area contributed by atoms with Crippen LogP contribution >= 0.6 is 0 Å². The minimum Gasteiger partial charge on any atom is -0.394 e. The molecule has 0 bridgehead atoms. The highest BCUT2D eigenvalue weighted by atomic mass is 16.6. The number of carbonyl (C=O) groups is 4. The summed E-state index contributed by atoms with van der Waals surface area (Å²) < 4.78 is 0. The molecule has 1 aromatic heterocycles. The van der Waals surface area contributed by atoms with Crippen molar-refractivity contribution >= 4 is 29.8 Å². The number of hydrogen-bond donors (Lipinski definition) is 10. The van der Waals surface area contributed by atoms with Crippen LogP contribution in [-0.4, -0.2) is 146 Å². The summed E-state index contributed by atoms with van der Waals surface area (Å²) >= 11 is 0. The Balaban J connectivity index is 1.91. The van der Waals surface area contributed by atoms with E-state index in [1.54, 1.807) is 4.90 Å². The van der Waals surface area contributed by atoms with Gasteiger partial charge in [0.05, 0.1) is 31.7 Å². The lowest BCUT2D eigenvalue weighted by Gasteiger charge is -2.28. The summed E-state index contributed by atoms with van der Waals surface area (Å²) in [7, 11) is 0. The van der Waals surface area contributed by atoms with Crippen molar-refractivity contribution < 1.29 is 49.5 Å². The van der Waals surface area contributed by atoms with E-state index in [1.807, 2.05) is 13.8 Å². The second-order valence-electron chi connectivity index (χ2n) is 11.5.